The molecule has 0 unspecified atom stereocenters. The van der Waals surface area contributed by atoms with E-state index in [1.807, 2.05) is 24.3 Å². The van der Waals surface area contributed by atoms with E-state index >= 15 is 0 Å². The lowest BCUT2D eigenvalue weighted by Crippen LogP contribution is -2.04. The van der Waals surface area contributed by atoms with Crippen LogP contribution in [-0.2, 0) is 11.9 Å². The summed E-state index contributed by atoms with van der Waals surface area (Å²) in [6.07, 6.45) is 0. The monoisotopic (exact) mass is 323 g/mol. The first kappa shape index (κ1) is 13.7. The molecular formula is C13H14BrN3O2. The van der Waals surface area contributed by atoms with Gasteiger partial charge < -0.3 is 0 Å². The molecule has 1 heterocycles. The average Bonchev–Trinajstić information content (AvgIpc) is 2.65. The van der Waals surface area contributed by atoms with Crippen molar-refractivity contribution in [2.75, 3.05) is 0 Å². The standard InChI is InChI=1S/C13H14BrN3O2/c1-9-13(17(18)19)10(2)16(15-9)8-12-5-3-11(7-14)4-6-12/h3-6H,7-8H2,1-2H3. The molecule has 0 atom stereocenters. The summed E-state index contributed by atoms with van der Waals surface area (Å²) in [5.74, 6) is 0. The largest absolute Gasteiger partial charge is 0.312 e. The van der Waals surface area contributed by atoms with Crippen molar-refractivity contribution in [2.24, 2.45) is 0 Å². The predicted molar refractivity (Wildman–Crippen MR) is 76.5 cm³/mol. The molecule has 0 aliphatic carbocycles. The summed E-state index contributed by atoms with van der Waals surface area (Å²) in [5, 5.41) is 16.0. The number of hydrogen-bond acceptors (Lipinski definition) is 3. The highest BCUT2D eigenvalue weighted by atomic mass is 79.9. The average molecular weight is 324 g/mol. The fraction of sp³-hybridized carbons (Fsp3) is 0.308. The minimum Gasteiger partial charge on any atom is -0.258 e. The number of aromatic nitrogens is 2. The van der Waals surface area contributed by atoms with E-state index in [2.05, 4.69) is 21.0 Å². The van der Waals surface area contributed by atoms with Gasteiger partial charge in [-0.25, -0.2) is 0 Å². The third-order valence-electron chi connectivity index (χ3n) is 3.04. The maximum absolute atomic E-state index is 10.9. The van der Waals surface area contributed by atoms with Gasteiger partial charge in [0.25, 0.3) is 0 Å². The Kier molecular flexibility index (Phi) is 3.99. The van der Waals surface area contributed by atoms with Gasteiger partial charge in [-0.15, -0.1) is 0 Å². The summed E-state index contributed by atoms with van der Waals surface area (Å²) >= 11 is 3.40. The Labute approximate surface area is 119 Å². The van der Waals surface area contributed by atoms with Crippen LogP contribution in [0, 0.1) is 24.0 Å². The Morgan fingerprint density at radius 1 is 1.26 bits per heavy atom. The van der Waals surface area contributed by atoms with Gasteiger partial charge in [0.1, 0.15) is 11.4 Å². The van der Waals surface area contributed by atoms with Crippen molar-refractivity contribution >= 4 is 21.6 Å². The van der Waals surface area contributed by atoms with E-state index in [4.69, 9.17) is 0 Å². The highest BCUT2D eigenvalue weighted by Crippen LogP contribution is 2.22. The van der Waals surface area contributed by atoms with E-state index < -0.39 is 0 Å². The molecule has 1 aromatic carbocycles. The molecule has 0 bridgehead atoms. The van der Waals surface area contributed by atoms with Crippen molar-refractivity contribution < 1.29 is 4.92 Å². The van der Waals surface area contributed by atoms with Crippen LogP contribution in [-0.4, -0.2) is 14.7 Å². The lowest BCUT2D eigenvalue weighted by atomic mass is 10.1. The molecule has 0 N–H and O–H groups in total. The Hall–Kier alpha value is -1.69. The molecule has 6 heteroatoms. The molecule has 0 saturated heterocycles. The van der Waals surface area contributed by atoms with E-state index in [9.17, 15) is 10.1 Å². The van der Waals surface area contributed by atoms with Gasteiger partial charge in [-0.05, 0) is 25.0 Å². The van der Waals surface area contributed by atoms with Gasteiger partial charge in [-0.1, -0.05) is 40.2 Å². The maximum atomic E-state index is 10.9. The number of nitrogens with zero attached hydrogens (tertiary/aromatic N) is 3. The molecule has 0 radical (unpaired) electrons. The Bertz CT molecular complexity index is 605. The maximum Gasteiger partial charge on any atom is 0.312 e. The third kappa shape index (κ3) is 2.84. The number of rotatable bonds is 4. The predicted octanol–water partition coefficient (Wildman–Crippen LogP) is 3.35. The molecule has 2 rings (SSSR count). The molecule has 2 aromatic rings. The third-order valence-corrected chi connectivity index (χ3v) is 3.68. The van der Waals surface area contributed by atoms with Crippen molar-refractivity contribution in [1.82, 2.24) is 9.78 Å². The van der Waals surface area contributed by atoms with E-state index in [1.165, 1.54) is 5.56 Å². The second kappa shape index (κ2) is 5.52. The highest BCUT2D eigenvalue weighted by molar-refractivity contribution is 9.08. The first-order chi connectivity index (χ1) is 9.02. The highest BCUT2D eigenvalue weighted by Gasteiger charge is 2.21. The number of benzene rings is 1. The molecule has 0 spiro atoms. The molecular weight excluding hydrogens is 310 g/mol. The first-order valence-electron chi connectivity index (χ1n) is 5.85. The van der Waals surface area contributed by atoms with E-state index in [0.717, 1.165) is 10.9 Å². The zero-order chi connectivity index (χ0) is 14.0. The van der Waals surface area contributed by atoms with Gasteiger partial charge in [-0.2, -0.15) is 5.10 Å². The van der Waals surface area contributed by atoms with Crippen LogP contribution in [0.4, 0.5) is 5.69 Å². The molecule has 1 aromatic heterocycles. The van der Waals surface area contributed by atoms with Gasteiger partial charge in [0.15, 0.2) is 0 Å². The molecule has 19 heavy (non-hydrogen) atoms. The molecule has 0 fully saturated rings. The zero-order valence-corrected chi connectivity index (χ0v) is 12.3. The molecule has 0 aliphatic rings. The molecule has 100 valence electrons. The minimum absolute atomic E-state index is 0.108. The number of nitro groups is 1. The van der Waals surface area contributed by atoms with Crippen LogP contribution < -0.4 is 0 Å². The topological polar surface area (TPSA) is 61.0 Å². The summed E-state index contributed by atoms with van der Waals surface area (Å²) in [7, 11) is 0. The van der Waals surface area contributed by atoms with Crippen molar-refractivity contribution in [1.29, 1.82) is 0 Å². The Morgan fingerprint density at radius 2 is 1.84 bits per heavy atom. The SMILES string of the molecule is Cc1nn(Cc2ccc(CBr)cc2)c(C)c1[N+](=O)[O-]. The molecule has 0 saturated carbocycles. The van der Waals surface area contributed by atoms with Gasteiger partial charge in [0.05, 0.1) is 11.5 Å². The molecule has 5 nitrogen and oxygen atoms in total. The van der Waals surface area contributed by atoms with Crippen LogP contribution in [0.15, 0.2) is 24.3 Å². The van der Waals surface area contributed by atoms with Crippen LogP contribution in [0.25, 0.3) is 0 Å². The summed E-state index contributed by atoms with van der Waals surface area (Å²) in [5.41, 5.74) is 3.43. The lowest BCUT2D eigenvalue weighted by molar-refractivity contribution is -0.386. The van der Waals surface area contributed by atoms with Crippen molar-refractivity contribution in [3.63, 3.8) is 0 Å². The second-order valence-electron chi connectivity index (χ2n) is 4.38. The van der Waals surface area contributed by atoms with Gasteiger partial charge in [0.2, 0.25) is 0 Å². The zero-order valence-electron chi connectivity index (χ0n) is 10.8. The minimum atomic E-state index is -0.373. The summed E-state index contributed by atoms with van der Waals surface area (Å²) in [6.45, 7) is 3.93. The van der Waals surface area contributed by atoms with Crippen LogP contribution in [0.1, 0.15) is 22.5 Å². The number of aryl methyl sites for hydroxylation is 1. The van der Waals surface area contributed by atoms with E-state index in [-0.39, 0.29) is 10.6 Å². The Balaban J connectivity index is 2.28. The fourth-order valence-corrected chi connectivity index (χ4v) is 2.39. The molecule has 0 amide bonds. The summed E-state index contributed by atoms with van der Waals surface area (Å²) in [6, 6.07) is 8.09. The smallest absolute Gasteiger partial charge is 0.258 e. The van der Waals surface area contributed by atoms with Gasteiger partial charge in [0, 0.05) is 5.33 Å². The summed E-state index contributed by atoms with van der Waals surface area (Å²) < 4.78 is 1.68. The van der Waals surface area contributed by atoms with Gasteiger partial charge >= 0.3 is 5.69 Å². The second-order valence-corrected chi connectivity index (χ2v) is 4.95. The summed E-state index contributed by atoms with van der Waals surface area (Å²) in [4.78, 5) is 10.6. The van der Waals surface area contributed by atoms with Crippen LogP contribution >= 0.6 is 15.9 Å². The van der Waals surface area contributed by atoms with Crippen molar-refractivity contribution in [3.05, 3.63) is 56.9 Å². The quantitative estimate of drug-likeness (QED) is 0.492. The first-order valence-corrected chi connectivity index (χ1v) is 6.97. The van der Waals surface area contributed by atoms with E-state index in [0.29, 0.717) is 17.9 Å². The lowest BCUT2D eigenvalue weighted by Gasteiger charge is -2.04. The van der Waals surface area contributed by atoms with Crippen molar-refractivity contribution in [2.45, 2.75) is 25.7 Å². The number of alkyl halides is 1. The van der Waals surface area contributed by atoms with Crippen LogP contribution in [0.3, 0.4) is 0 Å². The Morgan fingerprint density at radius 3 is 2.32 bits per heavy atom. The van der Waals surface area contributed by atoms with Crippen LogP contribution in [0.2, 0.25) is 0 Å². The fourth-order valence-electron chi connectivity index (χ4n) is 2.01. The number of hydrogen-bond donors (Lipinski definition) is 0. The van der Waals surface area contributed by atoms with Gasteiger partial charge in [-0.3, -0.25) is 14.8 Å². The van der Waals surface area contributed by atoms with Crippen molar-refractivity contribution in [3.8, 4) is 0 Å². The molecule has 0 aliphatic heterocycles. The van der Waals surface area contributed by atoms with Crippen LogP contribution in [0.5, 0.6) is 0 Å². The number of halogens is 1. The normalized spacial score (nSPS) is 10.7. The van der Waals surface area contributed by atoms with E-state index in [1.54, 1.807) is 18.5 Å².